The first-order valence-corrected chi connectivity index (χ1v) is 4.33. The summed E-state index contributed by atoms with van der Waals surface area (Å²) in [7, 11) is 0. The molecule has 3 atom stereocenters. The van der Waals surface area contributed by atoms with Gasteiger partial charge in [-0.15, -0.1) is 0 Å². The Morgan fingerprint density at radius 1 is 1.64 bits per heavy atom. The quantitative estimate of drug-likeness (QED) is 0.567. The third kappa shape index (κ3) is 2.22. The Morgan fingerprint density at radius 2 is 2.21 bits per heavy atom. The average Bonchev–Trinajstić information content (AvgIpc) is 1.99. The maximum atomic E-state index is 11.5. The van der Waals surface area contributed by atoms with Crippen LogP contribution in [0.25, 0.3) is 0 Å². The summed E-state index contributed by atoms with van der Waals surface area (Å²) in [5, 5.41) is 9.86. The second-order valence-corrected chi connectivity index (χ2v) is 3.77. The van der Waals surface area contributed by atoms with Crippen LogP contribution in [0.3, 0.4) is 0 Å². The third-order valence-corrected chi connectivity index (χ3v) is 3.07. The van der Waals surface area contributed by atoms with Crippen LogP contribution in [0.15, 0.2) is 0 Å². The molecule has 5 heteroatoms. The molecule has 3 aliphatic rings. The number of hydrogen-bond acceptors (Lipinski definition) is 3. The van der Waals surface area contributed by atoms with Crippen molar-refractivity contribution in [1.82, 2.24) is 0 Å². The van der Waals surface area contributed by atoms with Crippen LogP contribution in [-0.4, -0.2) is 16.7 Å². The van der Waals surface area contributed by atoms with Gasteiger partial charge in [0.15, 0.2) is 0 Å². The summed E-state index contributed by atoms with van der Waals surface area (Å²) in [5.74, 6) is -1.49. The number of ketones is 1. The van der Waals surface area contributed by atoms with Crippen LogP contribution in [0.1, 0.15) is 26.7 Å². The molecule has 3 unspecified atom stereocenters. The topological polar surface area (TPSA) is 46.5 Å². The average molecular weight is 442 g/mol. The van der Waals surface area contributed by atoms with Crippen molar-refractivity contribution in [3.8, 4) is 0 Å². The Kier molecular flexibility index (Phi) is 5.65. The number of ether oxygens (including phenoxy) is 1. The molecule has 0 aromatic heterocycles. The van der Waals surface area contributed by atoms with Crippen LogP contribution in [0.4, 0.5) is 0 Å². The van der Waals surface area contributed by atoms with E-state index in [2.05, 4.69) is 0 Å². The second-order valence-electron chi connectivity index (χ2n) is 3.77. The van der Waals surface area contributed by atoms with Gasteiger partial charge in [0.05, 0.1) is 5.92 Å². The zero-order valence-corrected chi connectivity index (χ0v) is 14.1. The van der Waals surface area contributed by atoms with E-state index in [-0.39, 0.29) is 71.4 Å². The van der Waals surface area contributed by atoms with Gasteiger partial charge >= 0.3 is 0 Å². The van der Waals surface area contributed by atoms with Crippen molar-refractivity contribution in [1.29, 1.82) is 0 Å². The van der Waals surface area contributed by atoms with Crippen molar-refractivity contribution in [2.24, 2.45) is 11.8 Å². The number of aliphatic hydroxyl groups is 1. The van der Waals surface area contributed by atoms with E-state index in [1.165, 1.54) is 0 Å². The van der Waals surface area contributed by atoms with Crippen molar-refractivity contribution in [3.63, 3.8) is 0 Å². The Morgan fingerprint density at radius 3 is 2.64 bits per heavy atom. The standard InChI is InChI=1S/C9H13O3.W.Y/c1-5-8(10)7-3-4-9(5,11)12-6(7)2;;/h5,7,11H,3-4H2,1-2H3;;/q-1;;. The summed E-state index contributed by atoms with van der Waals surface area (Å²) in [6.45, 7) is 3.51. The van der Waals surface area contributed by atoms with E-state index in [4.69, 9.17) is 4.74 Å². The van der Waals surface area contributed by atoms with Gasteiger partial charge in [0.25, 0.3) is 0 Å². The van der Waals surface area contributed by atoms with Gasteiger partial charge < -0.3 is 14.6 Å². The fourth-order valence-corrected chi connectivity index (χ4v) is 2.13. The Bertz CT molecular complexity index is 232. The monoisotopic (exact) mass is 442 g/mol. The minimum Gasteiger partial charge on any atom is -0.523 e. The molecule has 2 saturated heterocycles. The zero-order chi connectivity index (χ0) is 8.93. The summed E-state index contributed by atoms with van der Waals surface area (Å²) in [4.78, 5) is 11.5. The number of carbonyl (C=O) groups is 1. The molecule has 3 fully saturated rings. The molecule has 0 spiro atoms. The predicted molar refractivity (Wildman–Crippen MR) is 41.8 cm³/mol. The van der Waals surface area contributed by atoms with Gasteiger partial charge in [-0.3, -0.25) is 0 Å². The largest absolute Gasteiger partial charge is 0.523 e. The molecular weight excluding hydrogens is 429 g/mol. The van der Waals surface area contributed by atoms with Crippen LogP contribution in [-0.2, 0) is 63.3 Å². The van der Waals surface area contributed by atoms with Gasteiger partial charge in [-0.1, -0.05) is 19.3 Å². The van der Waals surface area contributed by atoms with Crippen LogP contribution in [0.5, 0.6) is 0 Å². The number of carbonyl (C=O) groups excluding carboxylic acids is 1. The molecule has 1 N–H and O–H groups in total. The summed E-state index contributed by atoms with van der Waals surface area (Å²) in [5.41, 5.74) is 0. The van der Waals surface area contributed by atoms with Gasteiger partial charge in [-0.25, -0.2) is 0 Å². The molecule has 14 heavy (non-hydrogen) atoms. The van der Waals surface area contributed by atoms with Crippen molar-refractivity contribution in [2.45, 2.75) is 32.5 Å². The van der Waals surface area contributed by atoms with E-state index >= 15 is 0 Å². The summed E-state index contributed by atoms with van der Waals surface area (Å²) in [6.07, 6.45) is 2.01. The molecule has 77 valence electrons. The number of fused-ring (bicyclic) bond motifs is 3. The molecular formula is C9H13O3WY-. The predicted octanol–water partition coefficient (Wildman–Crippen LogP) is 0.867. The van der Waals surface area contributed by atoms with E-state index in [0.29, 0.717) is 12.5 Å². The molecule has 0 aromatic rings. The summed E-state index contributed by atoms with van der Waals surface area (Å²) < 4.78 is 5.31. The molecule has 3 rings (SSSR count). The van der Waals surface area contributed by atoms with Gasteiger partial charge in [-0.05, 0) is 6.42 Å². The maximum Gasteiger partial charge on any atom is 0.145 e. The first-order valence-electron chi connectivity index (χ1n) is 4.33. The first-order chi connectivity index (χ1) is 5.54. The van der Waals surface area contributed by atoms with Crippen LogP contribution >= 0.6 is 0 Å². The fraction of sp³-hybridized carbons (Fsp3) is 0.778. The summed E-state index contributed by atoms with van der Waals surface area (Å²) >= 11 is 0. The molecule has 1 saturated carbocycles. The fourth-order valence-electron chi connectivity index (χ4n) is 2.13. The van der Waals surface area contributed by atoms with E-state index in [1.54, 1.807) is 13.8 Å². The summed E-state index contributed by atoms with van der Waals surface area (Å²) in [6, 6.07) is 0. The molecule has 2 bridgehead atoms. The SMILES string of the molecule is C[C-]1OC2(O)CCC1C(=O)C2C.[W].[Y]. The van der Waals surface area contributed by atoms with Crippen molar-refractivity contribution in [3.05, 3.63) is 6.10 Å². The minimum atomic E-state index is -1.20. The van der Waals surface area contributed by atoms with Gasteiger partial charge in [0, 0.05) is 53.8 Å². The minimum absolute atomic E-state index is 0. The van der Waals surface area contributed by atoms with E-state index in [9.17, 15) is 9.90 Å². The van der Waals surface area contributed by atoms with Gasteiger partial charge in [-0.2, -0.15) is 13.0 Å². The molecule has 3 nitrogen and oxygen atoms in total. The Balaban J connectivity index is 0.000000845. The van der Waals surface area contributed by atoms with Gasteiger partial charge in [0.1, 0.15) is 11.6 Å². The van der Waals surface area contributed by atoms with E-state index in [1.807, 2.05) is 0 Å². The molecule has 2 aliphatic heterocycles. The normalized spacial score (nSPS) is 41.5. The smallest absolute Gasteiger partial charge is 0.145 e. The molecule has 0 aromatic carbocycles. The van der Waals surface area contributed by atoms with Gasteiger partial charge in [0.2, 0.25) is 0 Å². The van der Waals surface area contributed by atoms with Crippen LogP contribution in [0.2, 0.25) is 0 Å². The molecule has 0 amide bonds. The Labute approximate surface area is 123 Å². The molecule has 1 aliphatic carbocycles. The third-order valence-electron chi connectivity index (χ3n) is 3.07. The van der Waals surface area contributed by atoms with Crippen molar-refractivity contribution in [2.75, 3.05) is 0 Å². The maximum absolute atomic E-state index is 11.5. The zero-order valence-electron chi connectivity index (χ0n) is 8.32. The van der Waals surface area contributed by atoms with Crippen molar-refractivity contribution >= 4 is 5.78 Å². The van der Waals surface area contributed by atoms with Crippen LogP contribution < -0.4 is 0 Å². The number of hydrogen-bond donors (Lipinski definition) is 1. The number of Topliss-reactive ketones (excluding diaryl/α,β-unsaturated/α-hetero) is 1. The number of rotatable bonds is 0. The van der Waals surface area contributed by atoms with E-state index < -0.39 is 5.79 Å². The van der Waals surface area contributed by atoms with E-state index in [0.717, 1.165) is 6.42 Å². The second kappa shape index (κ2) is 5.14. The molecule has 2 heterocycles. The molecule has 1 radical (unpaired) electrons. The van der Waals surface area contributed by atoms with Crippen molar-refractivity contribution < 1.29 is 68.4 Å². The first kappa shape index (κ1) is 15.4. The van der Waals surface area contributed by atoms with Crippen LogP contribution in [0, 0.1) is 17.9 Å². The Hall–Kier alpha value is 1.38.